The number of nitrogens with zero attached hydrogens (tertiary/aromatic N) is 1. The van der Waals surface area contributed by atoms with Crippen LogP contribution in [0.4, 0.5) is 0 Å². The molecule has 0 saturated carbocycles. The summed E-state index contributed by atoms with van der Waals surface area (Å²) in [6, 6.07) is 6.32. The van der Waals surface area contributed by atoms with Gasteiger partial charge < -0.3 is 5.32 Å². The summed E-state index contributed by atoms with van der Waals surface area (Å²) < 4.78 is 1.01. The van der Waals surface area contributed by atoms with Gasteiger partial charge in [0.25, 0.3) is 0 Å². The minimum Gasteiger partial charge on any atom is -0.310 e. The van der Waals surface area contributed by atoms with E-state index in [9.17, 15) is 0 Å². The minimum absolute atomic E-state index is 0.241. The molecule has 0 amide bonds. The molecule has 0 spiro atoms. The number of rotatable bonds is 6. The van der Waals surface area contributed by atoms with Crippen LogP contribution in [-0.2, 0) is 6.42 Å². The zero-order chi connectivity index (χ0) is 15.4. The Morgan fingerprint density at radius 3 is 2.67 bits per heavy atom. The van der Waals surface area contributed by atoms with E-state index in [0.29, 0.717) is 0 Å². The van der Waals surface area contributed by atoms with E-state index in [0.717, 1.165) is 34.6 Å². The SMILES string of the molecule is CCCNC(Cc1nc(C)c(C)s1)c1cc(Cl)cc(Br)c1. The smallest absolute Gasteiger partial charge is 0.0949 e. The number of hydrogen-bond acceptors (Lipinski definition) is 3. The third kappa shape index (κ3) is 4.78. The monoisotopic (exact) mass is 386 g/mol. The van der Waals surface area contributed by atoms with E-state index >= 15 is 0 Å². The number of halogens is 2. The summed E-state index contributed by atoms with van der Waals surface area (Å²) in [6.07, 6.45) is 2.00. The van der Waals surface area contributed by atoms with Gasteiger partial charge >= 0.3 is 0 Å². The van der Waals surface area contributed by atoms with E-state index in [1.54, 1.807) is 11.3 Å². The van der Waals surface area contributed by atoms with Crippen molar-refractivity contribution in [2.75, 3.05) is 6.54 Å². The standard InChI is InChI=1S/C16H20BrClN2S/c1-4-5-19-15(9-16-20-10(2)11(3)21-16)12-6-13(17)8-14(18)7-12/h6-8,15,19H,4-5,9H2,1-3H3. The zero-order valence-corrected chi connectivity index (χ0v) is 15.7. The van der Waals surface area contributed by atoms with E-state index in [4.69, 9.17) is 11.6 Å². The summed E-state index contributed by atoms with van der Waals surface area (Å²) in [5, 5.41) is 5.54. The van der Waals surface area contributed by atoms with Crippen LogP contribution in [0.3, 0.4) is 0 Å². The fraction of sp³-hybridized carbons (Fsp3) is 0.438. The summed E-state index contributed by atoms with van der Waals surface area (Å²) in [4.78, 5) is 5.96. The van der Waals surface area contributed by atoms with Gasteiger partial charge in [-0.25, -0.2) is 4.98 Å². The molecule has 0 aliphatic heterocycles. The van der Waals surface area contributed by atoms with Gasteiger partial charge in [-0.3, -0.25) is 0 Å². The summed E-state index contributed by atoms with van der Waals surface area (Å²) in [5.41, 5.74) is 2.34. The van der Waals surface area contributed by atoms with Crippen LogP contribution in [0.25, 0.3) is 0 Å². The number of nitrogens with one attached hydrogen (secondary N) is 1. The topological polar surface area (TPSA) is 24.9 Å². The maximum absolute atomic E-state index is 6.19. The highest BCUT2D eigenvalue weighted by atomic mass is 79.9. The van der Waals surface area contributed by atoms with Gasteiger partial charge in [0.1, 0.15) is 0 Å². The Morgan fingerprint density at radius 2 is 2.10 bits per heavy atom. The van der Waals surface area contributed by atoms with E-state index in [2.05, 4.69) is 53.1 Å². The van der Waals surface area contributed by atoms with Crippen LogP contribution in [0.2, 0.25) is 5.02 Å². The first-order valence-corrected chi connectivity index (χ1v) is 9.10. The van der Waals surface area contributed by atoms with Crippen molar-refractivity contribution < 1.29 is 0 Å². The summed E-state index contributed by atoms with van der Waals surface area (Å²) in [7, 11) is 0. The summed E-state index contributed by atoms with van der Waals surface area (Å²) in [6.45, 7) is 7.36. The van der Waals surface area contributed by atoms with Gasteiger partial charge in [-0.2, -0.15) is 0 Å². The zero-order valence-electron chi connectivity index (χ0n) is 12.5. The average Bonchev–Trinajstić information content (AvgIpc) is 2.72. The number of aromatic nitrogens is 1. The van der Waals surface area contributed by atoms with Gasteiger partial charge in [0, 0.05) is 26.8 Å². The highest BCUT2D eigenvalue weighted by molar-refractivity contribution is 9.10. The molecule has 1 N–H and O–H groups in total. The van der Waals surface area contributed by atoms with Gasteiger partial charge in [-0.05, 0) is 50.6 Å². The molecule has 114 valence electrons. The summed E-state index contributed by atoms with van der Waals surface area (Å²) in [5.74, 6) is 0. The van der Waals surface area contributed by atoms with E-state index < -0.39 is 0 Å². The van der Waals surface area contributed by atoms with Crippen molar-refractivity contribution in [2.45, 2.75) is 39.7 Å². The first-order valence-electron chi connectivity index (χ1n) is 7.12. The first-order chi connectivity index (χ1) is 9.99. The van der Waals surface area contributed by atoms with Crippen molar-refractivity contribution in [3.05, 3.63) is 48.8 Å². The molecular weight excluding hydrogens is 368 g/mol. The van der Waals surface area contributed by atoms with Crippen LogP contribution < -0.4 is 5.32 Å². The fourth-order valence-corrected chi connectivity index (χ4v) is 4.07. The molecule has 0 bridgehead atoms. The van der Waals surface area contributed by atoms with Crippen molar-refractivity contribution in [3.63, 3.8) is 0 Å². The molecule has 0 aliphatic carbocycles. The predicted molar refractivity (Wildman–Crippen MR) is 95.5 cm³/mol. The van der Waals surface area contributed by atoms with Gasteiger partial charge in [-0.1, -0.05) is 34.5 Å². The molecule has 1 atom stereocenters. The maximum atomic E-state index is 6.19. The molecule has 1 unspecified atom stereocenters. The Kier molecular flexibility index (Phi) is 6.23. The lowest BCUT2D eigenvalue weighted by atomic mass is 10.0. The Labute approximate surface area is 144 Å². The number of benzene rings is 1. The molecule has 2 rings (SSSR count). The van der Waals surface area contributed by atoms with Crippen molar-refractivity contribution >= 4 is 38.9 Å². The Morgan fingerprint density at radius 1 is 1.33 bits per heavy atom. The van der Waals surface area contributed by atoms with Crippen LogP contribution in [0, 0.1) is 13.8 Å². The van der Waals surface area contributed by atoms with Gasteiger partial charge in [0.15, 0.2) is 0 Å². The van der Waals surface area contributed by atoms with Crippen LogP contribution in [0.1, 0.15) is 40.5 Å². The highest BCUT2D eigenvalue weighted by Gasteiger charge is 2.15. The van der Waals surface area contributed by atoms with E-state index in [-0.39, 0.29) is 6.04 Å². The Hall–Kier alpha value is -0.420. The highest BCUT2D eigenvalue weighted by Crippen LogP contribution is 2.28. The molecule has 1 aromatic heterocycles. The van der Waals surface area contributed by atoms with Crippen LogP contribution in [-0.4, -0.2) is 11.5 Å². The predicted octanol–water partition coefficient (Wildman–Crippen LogP) is 5.46. The lowest BCUT2D eigenvalue weighted by Gasteiger charge is -2.18. The Bertz CT molecular complexity index is 573. The van der Waals surface area contributed by atoms with Crippen molar-refractivity contribution in [1.82, 2.24) is 10.3 Å². The molecule has 0 fully saturated rings. The normalized spacial score (nSPS) is 12.6. The number of aryl methyl sites for hydroxylation is 2. The van der Waals surface area contributed by atoms with Crippen molar-refractivity contribution in [1.29, 1.82) is 0 Å². The number of thiazole rings is 1. The second kappa shape index (κ2) is 7.73. The minimum atomic E-state index is 0.241. The number of hydrogen-bond donors (Lipinski definition) is 1. The van der Waals surface area contributed by atoms with Crippen molar-refractivity contribution in [3.8, 4) is 0 Å². The third-order valence-electron chi connectivity index (χ3n) is 3.38. The Balaban J connectivity index is 2.24. The van der Waals surface area contributed by atoms with Crippen LogP contribution in [0.15, 0.2) is 22.7 Å². The molecule has 1 aromatic carbocycles. The lowest BCUT2D eigenvalue weighted by molar-refractivity contribution is 0.528. The van der Waals surface area contributed by atoms with E-state index in [1.807, 2.05) is 12.1 Å². The molecule has 5 heteroatoms. The average molecular weight is 388 g/mol. The molecule has 2 aromatic rings. The van der Waals surface area contributed by atoms with E-state index in [1.165, 1.54) is 15.4 Å². The van der Waals surface area contributed by atoms with Crippen molar-refractivity contribution in [2.24, 2.45) is 0 Å². The maximum Gasteiger partial charge on any atom is 0.0949 e. The molecule has 0 radical (unpaired) electrons. The second-order valence-electron chi connectivity index (χ2n) is 5.16. The molecule has 0 aliphatic rings. The fourth-order valence-electron chi connectivity index (χ4n) is 2.20. The molecule has 0 saturated heterocycles. The summed E-state index contributed by atoms with van der Waals surface area (Å²) >= 11 is 11.5. The quantitative estimate of drug-likeness (QED) is 0.712. The lowest BCUT2D eigenvalue weighted by Crippen LogP contribution is -2.24. The van der Waals surface area contributed by atoms with Gasteiger partial charge in [-0.15, -0.1) is 11.3 Å². The van der Waals surface area contributed by atoms with Gasteiger partial charge in [0.05, 0.1) is 10.7 Å². The second-order valence-corrected chi connectivity index (χ2v) is 7.80. The molecule has 1 heterocycles. The third-order valence-corrected chi connectivity index (χ3v) is 5.15. The largest absolute Gasteiger partial charge is 0.310 e. The molecule has 21 heavy (non-hydrogen) atoms. The first kappa shape index (κ1) is 16.9. The van der Waals surface area contributed by atoms with Gasteiger partial charge in [0.2, 0.25) is 0 Å². The van der Waals surface area contributed by atoms with Crippen LogP contribution in [0.5, 0.6) is 0 Å². The van der Waals surface area contributed by atoms with Crippen LogP contribution >= 0.6 is 38.9 Å². The molecular formula is C16H20BrClN2S. The molecule has 2 nitrogen and oxygen atoms in total.